The van der Waals surface area contributed by atoms with Crippen molar-refractivity contribution in [3.8, 4) is 0 Å². The number of rotatable bonds is 5. The summed E-state index contributed by atoms with van der Waals surface area (Å²) >= 11 is 0. The van der Waals surface area contributed by atoms with Crippen molar-refractivity contribution in [2.24, 2.45) is 0 Å². The molecule has 70 valence electrons. The van der Waals surface area contributed by atoms with Gasteiger partial charge in [-0.1, -0.05) is 43.6 Å². The van der Waals surface area contributed by atoms with Gasteiger partial charge in [0.1, 0.15) is 0 Å². The topological polar surface area (TPSA) is 0 Å². The SMILES string of the molecule is CCC=C(C)C/C=C(/C)CCC. The molecule has 0 bridgehead atoms. The van der Waals surface area contributed by atoms with Gasteiger partial charge in [0.25, 0.3) is 0 Å². The summed E-state index contributed by atoms with van der Waals surface area (Å²) in [6.45, 7) is 8.85. The van der Waals surface area contributed by atoms with E-state index in [1.165, 1.54) is 24.0 Å². The normalized spacial score (nSPS) is 13.7. The second-order valence-electron chi connectivity index (χ2n) is 3.46. The van der Waals surface area contributed by atoms with Crippen LogP contribution in [0.25, 0.3) is 0 Å². The molecule has 0 atom stereocenters. The van der Waals surface area contributed by atoms with Gasteiger partial charge in [-0.05, 0) is 33.1 Å². The van der Waals surface area contributed by atoms with E-state index in [0.29, 0.717) is 0 Å². The molecule has 0 rings (SSSR count). The number of hydrogen-bond acceptors (Lipinski definition) is 0. The van der Waals surface area contributed by atoms with E-state index in [9.17, 15) is 0 Å². The van der Waals surface area contributed by atoms with Gasteiger partial charge >= 0.3 is 0 Å². The van der Waals surface area contributed by atoms with Crippen molar-refractivity contribution in [3.63, 3.8) is 0 Å². The van der Waals surface area contributed by atoms with Gasteiger partial charge in [-0.2, -0.15) is 0 Å². The van der Waals surface area contributed by atoms with E-state index in [1.54, 1.807) is 0 Å². The molecule has 0 spiro atoms. The molecular formula is C12H22. The highest BCUT2D eigenvalue weighted by Crippen LogP contribution is 2.09. The van der Waals surface area contributed by atoms with Gasteiger partial charge < -0.3 is 0 Å². The van der Waals surface area contributed by atoms with E-state index in [2.05, 4.69) is 39.8 Å². The Morgan fingerprint density at radius 1 is 1.00 bits per heavy atom. The monoisotopic (exact) mass is 166 g/mol. The van der Waals surface area contributed by atoms with Crippen LogP contribution < -0.4 is 0 Å². The second kappa shape index (κ2) is 7.15. The predicted octanol–water partition coefficient (Wildman–Crippen LogP) is 4.48. The van der Waals surface area contributed by atoms with Crippen LogP contribution in [0.5, 0.6) is 0 Å². The summed E-state index contributed by atoms with van der Waals surface area (Å²) in [5, 5.41) is 0. The zero-order chi connectivity index (χ0) is 9.40. The molecule has 12 heavy (non-hydrogen) atoms. The lowest BCUT2D eigenvalue weighted by atomic mass is 10.1. The average Bonchev–Trinajstić information content (AvgIpc) is 2.02. The summed E-state index contributed by atoms with van der Waals surface area (Å²) < 4.78 is 0. The van der Waals surface area contributed by atoms with E-state index in [4.69, 9.17) is 0 Å². The van der Waals surface area contributed by atoms with Gasteiger partial charge in [-0.3, -0.25) is 0 Å². The maximum absolute atomic E-state index is 2.35. The van der Waals surface area contributed by atoms with Crippen LogP contribution in [0.4, 0.5) is 0 Å². The zero-order valence-electron chi connectivity index (χ0n) is 8.98. The van der Waals surface area contributed by atoms with Gasteiger partial charge in [-0.15, -0.1) is 0 Å². The maximum atomic E-state index is 2.35. The maximum Gasteiger partial charge on any atom is -0.0139 e. The summed E-state index contributed by atoms with van der Waals surface area (Å²) in [6.07, 6.45) is 9.46. The molecule has 0 aliphatic rings. The molecule has 0 radical (unpaired) electrons. The van der Waals surface area contributed by atoms with Crippen molar-refractivity contribution in [3.05, 3.63) is 23.3 Å². The van der Waals surface area contributed by atoms with Crippen molar-refractivity contribution >= 4 is 0 Å². The van der Waals surface area contributed by atoms with E-state index >= 15 is 0 Å². The van der Waals surface area contributed by atoms with E-state index in [-0.39, 0.29) is 0 Å². The zero-order valence-corrected chi connectivity index (χ0v) is 8.98. The van der Waals surface area contributed by atoms with Gasteiger partial charge in [0, 0.05) is 0 Å². The molecule has 0 aromatic carbocycles. The van der Waals surface area contributed by atoms with E-state index in [1.807, 2.05) is 0 Å². The predicted molar refractivity (Wildman–Crippen MR) is 57.3 cm³/mol. The molecule has 0 saturated carbocycles. The van der Waals surface area contributed by atoms with Crippen molar-refractivity contribution in [2.45, 2.75) is 53.4 Å². The van der Waals surface area contributed by atoms with Crippen LogP contribution in [0, 0.1) is 0 Å². The molecule has 0 unspecified atom stereocenters. The molecule has 0 aromatic rings. The van der Waals surface area contributed by atoms with Crippen LogP contribution in [0.15, 0.2) is 23.3 Å². The van der Waals surface area contributed by atoms with Crippen molar-refractivity contribution < 1.29 is 0 Å². The summed E-state index contributed by atoms with van der Waals surface area (Å²) in [5.74, 6) is 0. The lowest BCUT2D eigenvalue weighted by Crippen LogP contribution is -1.78. The average molecular weight is 166 g/mol. The van der Waals surface area contributed by atoms with Crippen LogP contribution in [-0.4, -0.2) is 0 Å². The first kappa shape index (κ1) is 11.5. The van der Waals surface area contributed by atoms with Gasteiger partial charge in [0.05, 0.1) is 0 Å². The fourth-order valence-corrected chi connectivity index (χ4v) is 1.26. The fourth-order valence-electron chi connectivity index (χ4n) is 1.26. The van der Waals surface area contributed by atoms with Crippen LogP contribution >= 0.6 is 0 Å². The Kier molecular flexibility index (Phi) is 6.84. The summed E-state index contributed by atoms with van der Waals surface area (Å²) in [4.78, 5) is 0. The molecule has 0 saturated heterocycles. The first-order valence-corrected chi connectivity index (χ1v) is 5.02. The smallest absolute Gasteiger partial charge is 0.0139 e. The lowest BCUT2D eigenvalue weighted by molar-refractivity contribution is 0.897. The molecule has 0 fully saturated rings. The third-order valence-corrected chi connectivity index (χ3v) is 1.97. The van der Waals surface area contributed by atoms with Crippen LogP contribution in [0.1, 0.15) is 53.4 Å². The van der Waals surface area contributed by atoms with Crippen molar-refractivity contribution in [1.82, 2.24) is 0 Å². The van der Waals surface area contributed by atoms with Crippen molar-refractivity contribution in [2.75, 3.05) is 0 Å². The molecule has 0 aliphatic heterocycles. The van der Waals surface area contributed by atoms with Crippen LogP contribution in [0.3, 0.4) is 0 Å². The highest BCUT2D eigenvalue weighted by molar-refractivity contribution is 5.08. The molecule has 0 heteroatoms. The van der Waals surface area contributed by atoms with Crippen molar-refractivity contribution in [1.29, 1.82) is 0 Å². The number of hydrogen-bond donors (Lipinski definition) is 0. The largest absolute Gasteiger partial charge is 0.0856 e. The van der Waals surface area contributed by atoms with Gasteiger partial charge in [-0.25, -0.2) is 0 Å². The Morgan fingerprint density at radius 2 is 1.67 bits per heavy atom. The Balaban J connectivity index is 3.78. The van der Waals surface area contributed by atoms with Gasteiger partial charge in [0.2, 0.25) is 0 Å². The first-order valence-electron chi connectivity index (χ1n) is 5.02. The fraction of sp³-hybridized carbons (Fsp3) is 0.667. The standard InChI is InChI=1S/C12H22/c1-5-7-11(3)9-10-12(4)8-6-2/h7,10H,5-6,8-9H2,1-4H3/b11-7?,12-10-. The lowest BCUT2D eigenvalue weighted by Gasteiger charge is -1.98. The Bertz CT molecular complexity index is 161. The molecule has 0 aromatic heterocycles. The first-order chi connectivity index (χ1) is 5.70. The third kappa shape index (κ3) is 6.21. The molecule has 0 N–H and O–H groups in total. The van der Waals surface area contributed by atoms with Crippen LogP contribution in [0.2, 0.25) is 0 Å². The quantitative estimate of drug-likeness (QED) is 0.528. The Hall–Kier alpha value is -0.520. The minimum Gasteiger partial charge on any atom is -0.0856 e. The summed E-state index contributed by atoms with van der Waals surface area (Å²) in [6, 6.07) is 0. The van der Waals surface area contributed by atoms with E-state index in [0.717, 1.165) is 12.8 Å². The highest BCUT2D eigenvalue weighted by Gasteiger charge is 1.88. The summed E-state index contributed by atoms with van der Waals surface area (Å²) in [7, 11) is 0. The number of allylic oxidation sites excluding steroid dienone is 4. The Labute approximate surface area is 77.4 Å². The summed E-state index contributed by atoms with van der Waals surface area (Å²) in [5.41, 5.74) is 3.02. The minimum absolute atomic E-state index is 1.14. The third-order valence-electron chi connectivity index (χ3n) is 1.97. The molecule has 0 nitrogen and oxygen atoms in total. The molecular weight excluding hydrogens is 144 g/mol. The highest BCUT2D eigenvalue weighted by atomic mass is 13.9. The molecule has 0 amide bonds. The molecule has 0 aliphatic carbocycles. The second-order valence-corrected chi connectivity index (χ2v) is 3.46. The van der Waals surface area contributed by atoms with E-state index < -0.39 is 0 Å². The Morgan fingerprint density at radius 3 is 2.17 bits per heavy atom. The minimum atomic E-state index is 1.14. The van der Waals surface area contributed by atoms with Crippen LogP contribution in [-0.2, 0) is 0 Å². The molecule has 0 heterocycles. The van der Waals surface area contributed by atoms with Gasteiger partial charge in [0.15, 0.2) is 0 Å².